The lowest BCUT2D eigenvalue weighted by Gasteiger charge is -2.01. The first kappa shape index (κ1) is 9.56. The van der Waals surface area contributed by atoms with Crippen LogP contribution in [0.3, 0.4) is 0 Å². The highest BCUT2D eigenvalue weighted by Gasteiger charge is 2.35. The third-order valence-electron chi connectivity index (χ3n) is 4.11. The van der Waals surface area contributed by atoms with Gasteiger partial charge in [0.15, 0.2) is 0 Å². The maximum absolute atomic E-state index is 4.88. The summed E-state index contributed by atoms with van der Waals surface area (Å²) in [5.41, 5.74) is 8.40. The number of rotatable bonds is 0. The van der Waals surface area contributed by atoms with Crippen LogP contribution in [-0.2, 0) is 12.8 Å². The Morgan fingerprint density at radius 3 is 2.63 bits per heavy atom. The number of fused-ring (bicyclic) bond motifs is 7. The van der Waals surface area contributed by atoms with Crippen LogP contribution in [0.1, 0.15) is 22.3 Å². The van der Waals surface area contributed by atoms with Gasteiger partial charge in [0.2, 0.25) is 0 Å². The molecule has 0 saturated heterocycles. The van der Waals surface area contributed by atoms with Crippen molar-refractivity contribution in [1.29, 1.82) is 0 Å². The van der Waals surface area contributed by atoms with Crippen LogP contribution in [0, 0.1) is 0 Å². The minimum absolute atomic E-state index is 0.999. The minimum Gasteiger partial charge on any atom is -0.308 e. The smallest absolute Gasteiger partial charge is 0.137 e. The van der Waals surface area contributed by atoms with Gasteiger partial charge in [0, 0.05) is 24.2 Å². The van der Waals surface area contributed by atoms with Gasteiger partial charge in [-0.2, -0.15) is 0 Å². The molecule has 2 heteroatoms. The van der Waals surface area contributed by atoms with Gasteiger partial charge in [-0.15, -0.1) is 0 Å². The van der Waals surface area contributed by atoms with E-state index in [1.807, 2.05) is 30.3 Å². The number of hydrogen-bond donors (Lipinski definition) is 0. The second-order valence-corrected chi connectivity index (χ2v) is 5.31. The van der Waals surface area contributed by atoms with Crippen LogP contribution in [0.15, 0.2) is 48.8 Å². The van der Waals surface area contributed by atoms with E-state index in [2.05, 4.69) is 22.9 Å². The van der Waals surface area contributed by atoms with Crippen molar-refractivity contribution >= 4 is 16.6 Å². The summed E-state index contributed by atoms with van der Waals surface area (Å²) in [6.45, 7) is 0. The van der Waals surface area contributed by atoms with E-state index < -0.39 is 0 Å². The largest absolute Gasteiger partial charge is 0.308 e. The molecule has 3 aromatic rings. The van der Waals surface area contributed by atoms with Gasteiger partial charge in [-0.05, 0) is 40.8 Å². The number of hydrogen-bond acceptors (Lipinski definition) is 1. The first-order chi connectivity index (χ1) is 9.42. The topological polar surface area (TPSA) is 17.3 Å². The molecule has 2 aromatic heterocycles. The highest BCUT2D eigenvalue weighted by Crippen LogP contribution is 2.48. The van der Waals surface area contributed by atoms with Gasteiger partial charge in [-0.25, -0.2) is 4.98 Å². The van der Waals surface area contributed by atoms with Crippen LogP contribution in [0.2, 0.25) is 0 Å². The van der Waals surface area contributed by atoms with Crippen molar-refractivity contribution in [3.63, 3.8) is 0 Å². The van der Waals surface area contributed by atoms with Crippen molar-refractivity contribution in [2.75, 3.05) is 0 Å². The van der Waals surface area contributed by atoms with Crippen LogP contribution in [-0.4, -0.2) is 9.38 Å². The average Bonchev–Trinajstić information content (AvgIpc) is 3.27. The molecule has 90 valence electrons. The molecule has 0 aliphatic heterocycles. The first-order valence-electron chi connectivity index (χ1n) is 6.68. The Bertz CT molecular complexity index is 843. The predicted octanol–water partition coefficient (Wildman–Crippen LogP) is 3.42. The van der Waals surface area contributed by atoms with Crippen molar-refractivity contribution in [3.8, 4) is 0 Å². The Morgan fingerprint density at radius 1 is 0.842 bits per heavy atom. The van der Waals surface area contributed by atoms with Crippen LogP contribution in [0.25, 0.3) is 16.6 Å². The van der Waals surface area contributed by atoms with E-state index in [4.69, 9.17) is 4.98 Å². The Balaban J connectivity index is 1.99. The van der Waals surface area contributed by atoms with Crippen LogP contribution in [0.4, 0.5) is 0 Å². The minimum atomic E-state index is 0.999. The van der Waals surface area contributed by atoms with Crippen LogP contribution >= 0.6 is 0 Å². The number of benzene rings is 1. The summed E-state index contributed by atoms with van der Waals surface area (Å²) in [5, 5.41) is 1.35. The molecule has 0 radical (unpaired) electrons. The molecule has 0 N–H and O–H groups in total. The maximum atomic E-state index is 4.88. The Morgan fingerprint density at radius 2 is 1.63 bits per heavy atom. The van der Waals surface area contributed by atoms with E-state index in [-0.39, 0.29) is 0 Å². The first-order valence-corrected chi connectivity index (χ1v) is 6.68. The van der Waals surface area contributed by atoms with E-state index in [1.165, 1.54) is 28.5 Å². The molecule has 0 atom stereocenters. The van der Waals surface area contributed by atoms with Crippen molar-refractivity contribution < 1.29 is 0 Å². The Labute approximate surface area is 110 Å². The monoisotopic (exact) mass is 244 g/mol. The van der Waals surface area contributed by atoms with Crippen LogP contribution < -0.4 is 0 Å². The highest BCUT2D eigenvalue weighted by atomic mass is 15.0. The second-order valence-electron chi connectivity index (χ2n) is 5.31. The molecule has 0 spiro atoms. The SMILES string of the molecule is c1cccc2nc3c4c(c5c(c3cn2ccc1)C5)C4. The summed E-state index contributed by atoms with van der Waals surface area (Å²) in [7, 11) is 0. The molecule has 0 fully saturated rings. The van der Waals surface area contributed by atoms with Crippen molar-refractivity contribution in [1.82, 2.24) is 9.38 Å². The van der Waals surface area contributed by atoms with E-state index in [1.54, 1.807) is 11.1 Å². The molecule has 0 bridgehead atoms. The number of nitrogens with zero attached hydrogens (tertiary/aromatic N) is 2. The molecule has 1 aromatic carbocycles. The van der Waals surface area contributed by atoms with Crippen molar-refractivity contribution in [2.45, 2.75) is 12.8 Å². The molecule has 0 saturated carbocycles. The summed E-state index contributed by atoms with van der Waals surface area (Å²) in [4.78, 5) is 4.88. The highest BCUT2D eigenvalue weighted by molar-refractivity contribution is 5.96. The Hall–Kier alpha value is -2.35. The summed E-state index contributed by atoms with van der Waals surface area (Å²) in [6.07, 6.45) is 6.65. The summed E-state index contributed by atoms with van der Waals surface area (Å²) in [5.74, 6) is 0. The molecule has 0 amide bonds. The van der Waals surface area contributed by atoms with E-state index in [0.29, 0.717) is 0 Å². The van der Waals surface area contributed by atoms with Crippen molar-refractivity contribution in [2.24, 2.45) is 0 Å². The lowest BCUT2D eigenvalue weighted by Crippen LogP contribution is -1.90. The van der Waals surface area contributed by atoms with Gasteiger partial charge in [-0.3, -0.25) is 0 Å². The van der Waals surface area contributed by atoms with Gasteiger partial charge < -0.3 is 4.40 Å². The fourth-order valence-corrected chi connectivity index (χ4v) is 3.00. The van der Waals surface area contributed by atoms with Gasteiger partial charge in [0.1, 0.15) is 5.65 Å². The van der Waals surface area contributed by atoms with E-state index >= 15 is 0 Å². The molecule has 0 unspecified atom stereocenters. The summed E-state index contributed by atoms with van der Waals surface area (Å²) >= 11 is 0. The lowest BCUT2D eigenvalue weighted by atomic mass is 10.2. The van der Waals surface area contributed by atoms with Gasteiger partial charge in [0.25, 0.3) is 0 Å². The fourth-order valence-electron chi connectivity index (χ4n) is 3.00. The Kier molecular flexibility index (Phi) is 1.59. The summed E-state index contributed by atoms with van der Waals surface area (Å²) in [6, 6.07) is 12.3. The molecule has 2 aliphatic carbocycles. The number of aromatic nitrogens is 2. The zero-order valence-corrected chi connectivity index (χ0v) is 10.4. The maximum Gasteiger partial charge on any atom is 0.137 e. The molecular weight excluding hydrogens is 232 g/mol. The molecule has 19 heavy (non-hydrogen) atoms. The van der Waals surface area contributed by atoms with Gasteiger partial charge in [-0.1, -0.05) is 24.3 Å². The molecule has 2 heterocycles. The van der Waals surface area contributed by atoms with Gasteiger partial charge >= 0.3 is 0 Å². The predicted molar refractivity (Wildman–Crippen MR) is 75.9 cm³/mol. The third-order valence-corrected chi connectivity index (χ3v) is 4.11. The molecule has 5 rings (SSSR count). The second kappa shape index (κ2) is 3.15. The normalized spacial score (nSPS) is 13.9. The van der Waals surface area contributed by atoms with Crippen LogP contribution in [0.5, 0.6) is 0 Å². The van der Waals surface area contributed by atoms with Gasteiger partial charge in [0.05, 0.1) is 5.52 Å². The summed E-state index contributed by atoms with van der Waals surface area (Å²) < 4.78 is 2.12. The zero-order valence-electron chi connectivity index (χ0n) is 10.4. The third kappa shape index (κ3) is 1.28. The quantitative estimate of drug-likeness (QED) is 0.408. The lowest BCUT2D eigenvalue weighted by molar-refractivity contribution is 1.14. The molecule has 2 nitrogen and oxygen atoms in total. The average molecular weight is 244 g/mol. The standard InChI is InChI=1S/C17H12N2/c1-2-4-6-16-18-17-14-9-12(14)11-8-13(11)15(17)10-19(16)7-5-3-1/h1-7,10H,8-9H2. The zero-order chi connectivity index (χ0) is 12.4. The van der Waals surface area contributed by atoms with Crippen molar-refractivity contribution in [3.05, 3.63) is 71.0 Å². The fraction of sp³-hybridized carbons (Fsp3) is 0.118. The van der Waals surface area contributed by atoms with E-state index in [0.717, 1.165) is 12.1 Å². The molecular formula is C17H12N2. The van der Waals surface area contributed by atoms with E-state index in [9.17, 15) is 0 Å². The molecule has 2 aliphatic rings.